The Kier molecular flexibility index (Phi) is 5.26. The van der Waals surface area contributed by atoms with Gasteiger partial charge in [0.05, 0.1) is 13.1 Å². The molecule has 0 spiro atoms. The van der Waals surface area contributed by atoms with Gasteiger partial charge in [-0.3, -0.25) is 0 Å². The highest BCUT2D eigenvalue weighted by atomic mass is 32.1. The fourth-order valence-electron chi connectivity index (χ4n) is 2.95. The molecule has 1 fully saturated rings. The maximum Gasteiger partial charge on any atom is 0.0505 e. The zero-order valence-corrected chi connectivity index (χ0v) is 15.5. The first-order valence-electron chi connectivity index (χ1n) is 7.80. The number of nitrogens with zero attached hydrogens (tertiary/aromatic N) is 5. The first-order valence-corrected chi connectivity index (χ1v) is 10.1. The molecule has 0 amide bonds. The molecule has 24 heavy (non-hydrogen) atoms. The van der Waals surface area contributed by atoms with Crippen LogP contribution in [0, 0.1) is 5.92 Å². The number of aromatic nitrogens is 3. The van der Waals surface area contributed by atoms with Crippen LogP contribution < -0.4 is 5.53 Å². The van der Waals surface area contributed by atoms with E-state index in [-0.39, 0.29) is 0 Å². The van der Waals surface area contributed by atoms with Crippen LogP contribution in [0.3, 0.4) is 0 Å². The van der Waals surface area contributed by atoms with Gasteiger partial charge in [-0.05, 0) is 65.1 Å². The highest BCUT2D eigenvalue weighted by Crippen LogP contribution is 2.21. The van der Waals surface area contributed by atoms with Gasteiger partial charge < -0.3 is 0 Å². The Labute approximate surface area is 153 Å². The van der Waals surface area contributed by atoms with Crippen LogP contribution in [0.15, 0.2) is 36.8 Å². The fourth-order valence-corrected chi connectivity index (χ4v) is 4.82. The van der Waals surface area contributed by atoms with E-state index in [0.717, 1.165) is 32.6 Å². The van der Waals surface area contributed by atoms with Crippen molar-refractivity contribution in [2.45, 2.75) is 19.5 Å². The highest BCUT2D eigenvalue weighted by Gasteiger charge is 2.26. The van der Waals surface area contributed by atoms with Gasteiger partial charge in [-0.2, -0.15) is 5.53 Å². The van der Waals surface area contributed by atoms with Crippen molar-refractivity contribution in [3.8, 4) is 0 Å². The zero-order valence-electron chi connectivity index (χ0n) is 13.0. The van der Waals surface area contributed by atoms with Gasteiger partial charge in [-0.15, -0.1) is 0 Å². The summed E-state index contributed by atoms with van der Waals surface area (Å²) in [5.41, 5.74) is 3.55. The normalized spacial score (nSPS) is 17.5. The molecule has 0 saturated carbocycles. The van der Waals surface area contributed by atoms with Crippen LogP contribution in [0.2, 0.25) is 0 Å². The maximum absolute atomic E-state index is 4.23. The van der Waals surface area contributed by atoms with E-state index >= 15 is 0 Å². The van der Waals surface area contributed by atoms with Gasteiger partial charge in [-0.1, -0.05) is 0 Å². The molecule has 1 aliphatic rings. The minimum Gasteiger partial charge on any atom is -0.225 e. The Bertz CT molecular complexity index is 606. The molecule has 0 bridgehead atoms. The summed E-state index contributed by atoms with van der Waals surface area (Å²) in [6.07, 6.45) is 6.71. The molecule has 3 aromatic rings. The van der Waals surface area contributed by atoms with Crippen molar-refractivity contribution in [3.63, 3.8) is 0 Å². The minimum absolute atomic E-state index is 0.576. The predicted molar refractivity (Wildman–Crippen MR) is 97.5 cm³/mol. The van der Waals surface area contributed by atoms with Gasteiger partial charge in [0, 0.05) is 46.3 Å². The summed E-state index contributed by atoms with van der Waals surface area (Å²) in [4.78, 5) is 3.91. The third-order valence-electron chi connectivity index (χ3n) is 3.90. The van der Waals surface area contributed by atoms with Crippen LogP contribution in [0.1, 0.15) is 14.6 Å². The number of hydrogen-bond acceptors (Lipinski definition) is 9. The Morgan fingerprint density at radius 1 is 0.833 bits per heavy atom. The van der Waals surface area contributed by atoms with Crippen LogP contribution in [-0.2, 0) is 19.5 Å². The molecular formula is C15H18N6S3. The zero-order chi connectivity index (χ0) is 16.2. The first kappa shape index (κ1) is 16.2. The van der Waals surface area contributed by atoms with E-state index in [2.05, 4.69) is 46.9 Å². The molecule has 4 rings (SSSR count). The maximum atomic E-state index is 4.23. The van der Waals surface area contributed by atoms with Crippen molar-refractivity contribution in [2.24, 2.45) is 5.92 Å². The lowest BCUT2D eigenvalue weighted by molar-refractivity contribution is -0.0528. The summed E-state index contributed by atoms with van der Waals surface area (Å²) in [5, 5.41) is 4.59. The van der Waals surface area contributed by atoms with Crippen LogP contribution in [0.25, 0.3) is 0 Å². The Morgan fingerprint density at radius 3 is 1.79 bits per heavy atom. The van der Waals surface area contributed by atoms with Crippen molar-refractivity contribution in [2.75, 3.05) is 13.1 Å². The Morgan fingerprint density at radius 2 is 1.33 bits per heavy atom. The van der Waals surface area contributed by atoms with Gasteiger partial charge in [-0.25, -0.2) is 23.1 Å². The van der Waals surface area contributed by atoms with Crippen LogP contribution in [-0.4, -0.2) is 36.2 Å². The lowest BCUT2D eigenvalue weighted by atomic mass is 10.0. The molecule has 1 saturated heterocycles. The quantitative estimate of drug-likeness (QED) is 0.712. The van der Waals surface area contributed by atoms with Gasteiger partial charge >= 0.3 is 0 Å². The average molecular weight is 379 g/mol. The van der Waals surface area contributed by atoms with Crippen LogP contribution >= 0.6 is 34.6 Å². The molecule has 0 aromatic carbocycles. The molecule has 0 aliphatic carbocycles. The molecule has 6 nitrogen and oxygen atoms in total. The average Bonchev–Trinajstić information content (AvgIpc) is 3.30. The Hall–Kier alpha value is -1.23. The lowest BCUT2D eigenvalue weighted by Crippen LogP contribution is -2.58. The summed E-state index contributed by atoms with van der Waals surface area (Å²) >= 11 is 4.73. The van der Waals surface area contributed by atoms with Crippen molar-refractivity contribution < 1.29 is 0 Å². The smallest absolute Gasteiger partial charge is 0.0505 e. The molecule has 0 unspecified atom stereocenters. The second kappa shape index (κ2) is 7.77. The monoisotopic (exact) mass is 378 g/mol. The second-order valence-corrected chi connectivity index (χ2v) is 8.62. The largest absolute Gasteiger partial charge is 0.225 e. The molecule has 126 valence electrons. The predicted octanol–water partition coefficient (Wildman–Crippen LogP) is 2.65. The summed E-state index contributed by atoms with van der Waals surface area (Å²) in [6.45, 7) is 3.80. The van der Waals surface area contributed by atoms with E-state index < -0.39 is 0 Å². The first-order chi connectivity index (χ1) is 11.8. The Balaban J connectivity index is 1.44. The number of hydrazine groups is 2. The lowest BCUT2D eigenvalue weighted by Gasteiger charge is -2.40. The molecular weight excluding hydrogens is 360 g/mol. The third-order valence-corrected chi connectivity index (χ3v) is 6.12. The molecule has 0 atom stereocenters. The van der Waals surface area contributed by atoms with Gasteiger partial charge in [0.25, 0.3) is 0 Å². The van der Waals surface area contributed by atoms with E-state index in [1.165, 1.54) is 14.6 Å². The van der Waals surface area contributed by atoms with Crippen molar-refractivity contribution >= 4 is 34.6 Å². The van der Waals surface area contributed by atoms with Crippen molar-refractivity contribution in [3.05, 3.63) is 51.4 Å². The van der Waals surface area contributed by atoms with Crippen LogP contribution in [0.4, 0.5) is 0 Å². The molecule has 4 heterocycles. The number of nitrogens with one attached hydrogen (secondary N) is 1. The van der Waals surface area contributed by atoms with E-state index in [1.807, 2.05) is 18.6 Å². The summed E-state index contributed by atoms with van der Waals surface area (Å²) in [6, 6.07) is 6.31. The minimum atomic E-state index is 0.576. The van der Waals surface area contributed by atoms with Gasteiger partial charge in [0.2, 0.25) is 0 Å². The standard InChI is InChI=1S/C15H18N6S3/c1-4-16-22-13(1)7-12-8-20(10-14-2-5-17-23-14)19-21(9-12)11-15-3-6-18-24-15/h1-6,12,19H,7-11H2. The van der Waals surface area contributed by atoms with Crippen LogP contribution in [0.5, 0.6) is 0 Å². The SMILES string of the molecule is c1cc(CC2CN(Cc3ccns3)NN(Cc3ccns3)C2)sn1. The van der Waals surface area contributed by atoms with Crippen molar-refractivity contribution in [1.29, 1.82) is 0 Å². The van der Waals surface area contributed by atoms with E-state index in [1.54, 1.807) is 34.6 Å². The van der Waals surface area contributed by atoms with Gasteiger partial charge in [0.15, 0.2) is 0 Å². The molecule has 0 radical (unpaired) electrons. The summed E-state index contributed by atoms with van der Waals surface area (Å²) in [7, 11) is 0. The summed E-state index contributed by atoms with van der Waals surface area (Å²) < 4.78 is 12.6. The molecule has 3 aromatic heterocycles. The third kappa shape index (κ3) is 4.24. The molecule has 9 heteroatoms. The van der Waals surface area contributed by atoms with E-state index in [4.69, 9.17) is 0 Å². The second-order valence-electron chi connectivity index (χ2n) is 5.87. The molecule has 1 N–H and O–H groups in total. The van der Waals surface area contributed by atoms with E-state index in [0.29, 0.717) is 5.92 Å². The van der Waals surface area contributed by atoms with Gasteiger partial charge in [0.1, 0.15) is 0 Å². The van der Waals surface area contributed by atoms with E-state index in [9.17, 15) is 0 Å². The number of hydrogen-bond donors (Lipinski definition) is 1. The van der Waals surface area contributed by atoms with Crippen molar-refractivity contribution in [1.82, 2.24) is 28.7 Å². The highest BCUT2D eigenvalue weighted by molar-refractivity contribution is 7.06. The molecule has 1 aliphatic heterocycles. The summed E-state index contributed by atoms with van der Waals surface area (Å²) in [5.74, 6) is 0.576. The fraction of sp³-hybridized carbons (Fsp3) is 0.400. The topological polar surface area (TPSA) is 57.2 Å². The number of rotatable bonds is 6.